The molecule has 0 radical (unpaired) electrons. The number of para-hydroxylation sites is 3. The van der Waals surface area contributed by atoms with Gasteiger partial charge < -0.3 is 4.90 Å². The Hall–Kier alpha value is -3.86. The first-order valence-corrected chi connectivity index (χ1v) is 11.2. The van der Waals surface area contributed by atoms with Gasteiger partial charge in [0.2, 0.25) is 0 Å². The highest BCUT2D eigenvalue weighted by atomic mass is 15.5. The van der Waals surface area contributed by atoms with E-state index in [1.165, 1.54) is 12.8 Å². The van der Waals surface area contributed by atoms with Crippen molar-refractivity contribution in [2.75, 3.05) is 23.0 Å². The van der Waals surface area contributed by atoms with Crippen molar-refractivity contribution < 1.29 is 0 Å². The molecule has 0 atom stereocenters. The van der Waals surface area contributed by atoms with E-state index < -0.39 is 0 Å². The Labute approximate surface area is 189 Å². The minimum atomic E-state index is 0.973. The van der Waals surface area contributed by atoms with E-state index in [1.54, 1.807) is 0 Å². The van der Waals surface area contributed by atoms with Crippen molar-refractivity contribution in [1.82, 2.24) is 9.78 Å². The molecule has 0 unspecified atom stereocenters. The number of rotatable bonds is 6. The number of hydrogen-bond acceptors (Lipinski definition) is 4. The van der Waals surface area contributed by atoms with Crippen molar-refractivity contribution in [2.45, 2.75) is 19.8 Å². The van der Waals surface area contributed by atoms with Gasteiger partial charge in [-0.25, -0.2) is 9.69 Å². The van der Waals surface area contributed by atoms with Crippen LogP contribution in [0.4, 0.5) is 17.2 Å². The summed E-state index contributed by atoms with van der Waals surface area (Å²) >= 11 is 0. The monoisotopic (exact) mass is 421 g/mol. The fourth-order valence-corrected chi connectivity index (χ4v) is 4.20. The molecule has 0 spiro atoms. The average Bonchev–Trinajstić information content (AvgIpc) is 3.49. The Balaban J connectivity index is 1.60. The minimum absolute atomic E-state index is 0.973. The van der Waals surface area contributed by atoms with Gasteiger partial charge in [0.25, 0.3) is 0 Å². The maximum Gasteiger partial charge on any atom is 0.141 e. The van der Waals surface area contributed by atoms with Gasteiger partial charge in [-0.15, -0.1) is 0 Å². The molecule has 0 bridgehead atoms. The SMILES string of the molecule is Cc1nn(-c2ccccc2)c(N2CCCC2)c1/C=N\N(c1ccccc1)c1ccccc1. The van der Waals surface area contributed by atoms with E-state index >= 15 is 0 Å². The zero-order chi connectivity index (χ0) is 21.8. The Kier molecular flexibility index (Phi) is 5.71. The predicted octanol–water partition coefficient (Wildman–Crippen LogP) is 5.95. The van der Waals surface area contributed by atoms with E-state index in [9.17, 15) is 0 Å². The van der Waals surface area contributed by atoms with Crippen molar-refractivity contribution in [3.8, 4) is 5.69 Å². The van der Waals surface area contributed by atoms with Crippen molar-refractivity contribution in [1.29, 1.82) is 0 Å². The molecular formula is C27H27N5. The van der Waals surface area contributed by atoms with Crippen LogP contribution in [-0.4, -0.2) is 29.1 Å². The summed E-state index contributed by atoms with van der Waals surface area (Å²) in [6.07, 6.45) is 4.38. The van der Waals surface area contributed by atoms with Crippen molar-refractivity contribution in [3.05, 3.63) is 102 Å². The van der Waals surface area contributed by atoms with Gasteiger partial charge in [-0.3, -0.25) is 0 Å². The number of hydrazone groups is 1. The molecule has 0 saturated carbocycles. The number of anilines is 3. The first-order valence-electron chi connectivity index (χ1n) is 11.2. The molecule has 5 heteroatoms. The van der Waals surface area contributed by atoms with Crippen LogP contribution in [0.15, 0.2) is 96.1 Å². The Morgan fingerprint density at radius 3 is 1.88 bits per heavy atom. The number of benzene rings is 3. The average molecular weight is 422 g/mol. The van der Waals surface area contributed by atoms with Gasteiger partial charge in [0.1, 0.15) is 5.82 Å². The fraction of sp³-hybridized carbons (Fsp3) is 0.185. The number of nitrogens with zero attached hydrogens (tertiary/aromatic N) is 5. The van der Waals surface area contributed by atoms with Gasteiger partial charge in [-0.1, -0.05) is 54.6 Å². The zero-order valence-electron chi connectivity index (χ0n) is 18.3. The molecule has 3 aromatic carbocycles. The maximum absolute atomic E-state index is 4.96. The van der Waals surface area contributed by atoms with Crippen LogP contribution in [0.1, 0.15) is 24.1 Å². The predicted molar refractivity (Wildman–Crippen MR) is 132 cm³/mol. The summed E-state index contributed by atoms with van der Waals surface area (Å²) in [5.74, 6) is 1.12. The Bertz CT molecular complexity index is 1140. The Morgan fingerprint density at radius 1 is 0.781 bits per heavy atom. The summed E-state index contributed by atoms with van der Waals surface area (Å²) in [5, 5.41) is 11.9. The number of aromatic nitrogens is 2. The molecule has 5 rings (SSSR count). The first kappa shape index (κ1) is 20.1. The van der Waals surface area contributed by atoms with E-state index in [0.29, 0.717) is 0 Å². The van der Waals surface area contributed by atoms with E-state index in [-0.39, 0.29) is 0 Å². The van der Waals surface area contributed by atoms with Crippen molar-refractivity contribution >= 4 is 23.4 Å². The normalized spacial score (nSPS) is 13.7. The van der Waals surface area contributed by atoms with E-state index in [1.807, 2.05) is 53.7 Å². The highest BCUT2D eigenvalue weighted by Gasteiger charge is 2.23. The molecule has 0 amide bonds. The molecule has 1 fully saturated rings. The number of hydrogen-bond donors (Lipinski definition) is 0. The van der Waals surface area contributed by atoms with Gasteiger partial charge in [-0.2, -0.15) is 10.2 Å². The van der Waals surface area contributed by atoms with Crippen LogP contribution in [0, 0.1) is 6.92 Å². The third-order valence-electron chi connectivity index (χ3n) is 5.79. The molecule has 1 aliphatic rings. The summed E-state index contributed by atoms with van der Waals surface area (Å²) in [7, 11) is 0. The third-order valence-corrected chi connectivity index (χ3v) is 5.79. The minimum Gasteiger partial charge on any atom is -0.356 e. The molecule has 5 nitrogen and oxygen atoms in total. The largest absolute Gasteiger partial charge is 0.356 e. The van der Waals surface area contributed by atoms with Gasteiger partial charge in [0, 0.05) is 13.1 Å². The lowest BCUT2D eigenvalue weighted by atomic mass is 10.2. The number of aryl methyl sites for hydroxylation is 1. The summed E-state index contributed by atoms with van der Waals surface area (Å²) in [6, 6.07) is 30.9. The molecule has 2 heterocycles. The molecule has 4 aromatic rings. The van der Waals surface area contributed by atoms with Crippen LogP contribution in [0.3, 0.4) is 0 Å². The standard InChI is InChI=1S/C27H27N5/c1-22-26(21-28-31(23-13-5-2-6-14-23)24-15-7-3-8-16-24)27(30-19-11-12-20-30)32(29-22)25-17-9-4-10-18-25/h2-10,13-18,21H,11-12,19-20H2,1H3/b28-21-. The summed E-state index contributed by atoms with van der Waals surface area (Å²) in [5.41, 5.74) is 5.14. The van der Waals surface area contributed by atoms with Gasteiger partial charge >= 0.3 is 0 Å². The van der Waals surface area contributed by atoms with Crippen molar-refractivity contribution in [2.24, 2.45) is 5.10 Å². The van der Waals surface area contributed by atoms with Crippen LogP contribution in [0.2, 0.25) is 0 Å². The van der Waals surface area contributed by atoms with Gasteiger partial charge in [0.05, 0.1) is 34.5 Å². The summed E-state index contributed by atoms with van der Waals surface area (Å²) in [4.78, 5) is 2.43. The van der Waals surface area contributed by atoms with Crippen molar-refractivity contribution in [3.63, 3.8) is 0 Å². The lowest BCUT2D eigenvalue weighted by molar-refractivity contribution is 0.815. The second kappa shape index (κ2) is 9.10. The molecular weight excluding hydrogens is 394 g/mol. The Morgan fingerprint density at radius 2 is 1.31 bits per heavy atom. The molecule has 0 N–H and O–H groups in total. The zero-order valence-corrected chi connectivity index (χ0v) is 18.3. The van der Waals surface area contributed by atoms with Crippen LogP contribution < -0.4 is 9.91 Å². The highest BCUT2D eigenvalue weighted by Crippen LogP contribution is 2.30. The topological polar surface area (TPSA) is 36.7 Å². The second-order valence-electron chi connectivity index (χ2n) is 7.99. The van der Waals surface area contributed by atoms with Crippen LogP contribution in [0.5, 0.6) is 0 Å². The van der Waals surface area contributed by atoms with E-state index in [4.69, 9.17) is 10.2 Å². The first-order chi connectivity index (χ1) is 15.8. The quantitative estimate of drug-likeness (QED) is 0.285. The molecule has 1 saturated heterocycles. The second-order valence-corrected chi connectivity index (χ2v) is 7.99. The molecule has 1 aromatic heterocycles. The van der Waals surface area contributed by atoms with Crippen LogP contribution in [-0.2, 0) is 0 Å². The smallest absolute Gasteiger partial charge is 0.141 e. The molecule has 1 aliphatic heterocycles. The highest BCUT2D eigenvalue weighted by molar-refractivity contribution is 5.90. The van der Waals surface area contributed by atoms with Gasteiger partial charge in [0.15, 0.2) is 0 Å². The molecule has 160 valence electrons. The summed E-state index contributed by atoms with van der Waals surface area (Å²) in [6.45, 7) is 4.15. The van der Waals surface area contributed by atoms with Crippen LogP contribution >= 0.6 is 0 Å². The lowest BCUT2D eigenvalue weighted by Crippen LogP contribution is -2.22. The van der Waals surface area contributed by atoms with E-state index in [0.717, 1.165) is 47.2 Å². The fourth-order valence-electron chi connectivity index (χ4n) is 4.20. The molecule has 0 aliphatic carbocycles. The van der Waals surface area contributed by atoms with Crippen LogP contribution in [0.25, 0.3) is 5.69 Å². The van der Waals surface area contributed by atoms with Gasteiger partial charge in [-0.05, 0) is 56.2 Å². The van der Waals surface area contributed by atoms with E-state index in [2.05, 4.69) is 65.0 Å². The maximum atomic E-state index is 4.96. The molecule has 32 heavy (non-hydrogen) atoms. The summed E-state index contributed by atoms with van der Waals surface area (Å²) < 4.78 is 2.07. The third kappa shape index (κ3) is 4.02. The lowest BCUT2D eigenvalue weighted by Gasteiger charge is -2.21.